The first-order valence-corrected chi connectivity index (χ1v) is 13.1. The third-order valence-corrected chi connectivity index (χ3v) is 7.10. The van der Waals surface area contributed by atoms with E-state index in [1.54, 1.807) is 35.4 Å². The van der Waals surface area contributed by atoms with Crippen LogP contribution in [0, 0.1) is 5.82 Å². The lowest BCUT2D eigenvalue weighted by Gasteiger charge is -2.26. The van der Waals surface area contributed by atoms with Gasteiger partial charge in [-0.2, -0.15) is 5.10 Å². The number of hydrogen-bond donors (Lipinski definition) is 3. The van der Waals surface area contributed by atoms with Crippen molar-refractivity contribution < 1.29 is 23.8 Å². The molecule has 14 heteroatoms. The average molecular weight is 583 g/mol. The molecular weight excluding hydrogens is 555 g/mol. The number of aromatic nitrogens is 2. The summed E-state index contributed by atoms with van der Waals surface area (Å²) in [6.45, 7) is 1.85. The van der Waals surface area contributed by atoms with Crippen LogP contribution in [-0.2, 0) is 11.3 Å². The van der Waals surface area contributed by atoms with E-state index >= 15 is 0 Å². The number of rotatable bonds is 9. The molecule has 0 fully saturated rings. The SMILES string of the molecule is COc1cc(F)cc(C(CO)NC(=O)C(C)N2Cc3ccc(-c4nc(NN5C=NN(C)C5)ncc4Cl)cc3C2=O)c1. The first-order chi connectivity index (χ1) is 19.7. The van der Waals surface area contributed by atoms with Gasteiger partial charge < -0.3 is 20.1 Å². The Hall–Kier alpha value is -4.49. The second-order valence-electron chi connectivity index (χ2n) is 9.65. The molecule has 2 aromatic carbocycles. The van der Waals surface area contributed by atoms with Gasteiger partial charge in [-0.05, 0) is 36.2 Å². The first-order valence-electron chi connectivity index (χ1n) is 12.7. The van der Waals surface area contributed by atoms with E-state index in [0.29, 0.717) is 40.0 Å². The molecule has 0 saturated heterocycles. The molecule has 0 saturated carbocycles. The summed E-state index contributed by atoms with van der Waals surface area (Å²) in [5.41, 5.74) is 5.59. The van der Waals surface area contributed by atoms with Gasteiger partial charge in [-0.15, -0.1) is 0 Å². The summed E-state index contributed by atoms with van der Waals surface area (Å²) in [4.78, 5) is 36.7. The molecule has 2 atom stereocenters. The summed E-state index contributed by atoms with van der Waals surface area (Å²) in [6, 6.07) is 7.48. The predicted molar refractivity (Wildman–Crippen MR) is 149 cm³/mol. The molecule has 2 aliphatic rings. The van der Waals surface area contributed by atoms with Crippen LogP contribution >= 0.6 is 11.6 Å². The van der Waals surface area contributed by atoms with Gasteiger partial charge in [-0.3, -0.25) is 25.0 Å². The summed E-state index contributed by atoms with van der Waals surface area (Å²) in [5.74, 6) is -0.841. The number of nitrogens with one attached hydrogen (secondary N) is 2. The molecule has 0 bridgehead atoms. The average Bonchev–Trinajstić information content (AvgIpc) is 3.53. The van der Waals surface area contributed by atoms with Crippen molar-refractivity contribution >= 4 is 35.7 Å². The van der Waals surface area contributed by atoms with Gasteiger partial charge in [0, 0.05) is 30.8 Å². The second kappa shape index (κ2) is 11.6. The molecule has 0 spiro atoms. The Labute approximate surface area is 240 Å². The molecule has 3 N–H and O–H groups in total. The van der Waals surface area contributed by atoms with Crippen molar-refractivity contribution in [3.8, 4) is 17.0 Å². The minimum absolute atomic E-state index is 0.215. The van der Waals surface area contributed by atoms with Crippen molar-refractivity contribution in [2.45, 2.75) is 25.6 Å². The highest BCUT2D eigenvalue weighted by Crippen LogP contribution is 2.32. The molecule has 3 heterocycles. The molecule has 1 aromatic heterocycles. The highest BCUT2D eigenvalue weighted by molar-refractivity contribution is 6.33. The third-order valence-electron chi connectivity index (χ3n) is 6.83. The predicted octanol–water partition coefficient (Wildman–Crippen LogP) is 2.61. The zero-order chi connectivity index (χ0) is 29.3. The molecule has 12 nitrogen and oxygen atoms in total. The molecule has 41 heavy (non-hydrogen) atoms. The Morgan fingerprint density at radius 2 is 2.07 bits per heavy atom. The number of methoxy groups -OCH3 is 1. The van der Waals surface area contributed by atoms with Crippen LogP contribution in [0.5, 0.6) is 5.75 Å². The summed E-state index contributed by atoms with van der Waals surface area (Å²) in [7, 11) is 3.22. The van der Waals surface area contributed by atoms with Crippen LogP contribution < -0.4 is 15.5 Å². The molecule has 0 aliphatic carbocycles. The van der Waals surface area contributed by atoms with Crippen molar-refractivity contribution in [3.63, 3.8) is 0 Å². The van der Waals surface area contributed by atoms with E-state index in [9.17, 15) is 19.1 Å². The van der Waals surface area contributed by atoms with E-state index in [2.05, 4.69) is 25.8 Å². The lowest BCUT2D eigenvalue weighted by molar-refractivity contribution is -0.126. The second-order valence-corrected chi connectivity index (χ2v) is 10.1. The topological polar surface area (TPSA) is 136 Å². The van der Waals surface area contributed by atoms with Gasteiger partial charge in [0.05, 0.1) is 36.7 Å². The standard InChI is InChI=1S/C27H28ClFN8O4/c1-15(25(39)32-23(12-38)18-6-19(29)9-20(7-18)41-3)37-11-17-5-4-16(8-21(17)26(37)40)24-22(28)10-30-27(33-24)34-36-13-31-35(2)14-36/h4-10,13,15,23,38H,11-12,14H2,1-3H3,(H,32,39)(H,30,33,34). The van der Waals surface area contributed by atoms with Crippen LogP contribution in [0.1, 0.15) is 34.5 Å². The van der Waals surface area contributed by atoms with Gasteiger partial charge in [0.1, 0.15) is 30.6 Å². The number of aliphatic hydroxyl groups excluding tert-OH is 1. The molecule has 214 valence electrons. The molecule has 2 amide bonds. The van der Waals surface area contributed by atoms with Crippen LogP contribution in [0.15, 0.2) is 47.7 Å². The fraction of sp³-hybridized carbons (Fsp3) is 0.296. The number of carbonyl (C=O) groups excluding carboxylic acids is 2. The van der Waals surface area contributed by atoms with Crippen molar-refractivity contribution in [1.29, 1.82) is 0 Å². The largest absolute Gasteiger partial charge is 0.497 e. The smallest absolute Gasteiger partial charge is 0.255 e. The van der Waals surface area contributed by atoms with E-state index in [4.69, 9.17) is 16.3 Å². The lowest BCUT2D eigenvalue weighted by Crippen LogP contribution is -2.46. The molecule has 2 aliphatic heterocycles. The molecule has 5 rings (SSSR count). The lowest BCUT2D eigenvalue weighted by atomic mass is 10.0. The third kappa shape index (κ3) is 5.86. The van der Waals surface area contributed by atoms with Gasteiger partial charge in [-0.25, -0.2) is 14.4 Å². The number of hydrogen-bond acceptors (Lipinski definition) is 10. The number of aliphatic hydroxyl groups is 1. The molecule has 0 radical (unpaired) electrons. The van der Waals surface area contributed by atoms with E-state index in [1.165, 1.54) is 36.4 Å². The quantitative estimate of drug-likeness (QED) is 0.348. The van der Waals surface area contributed by atoms with Crippen LogP contribution in [-0.4, -0.2) is 81.6 Å². The summed E-state index contributed by atoms with van der Waals surface area (Å²) in [5, 5.41) is 20.5. The maximum absolute atomic E-state index is 14.0. The van der Waals surface area contributed by atoms with Gasteiger partial charge in [0.15, 0.2) is 0 Å². The number of nitrogens with zero attached hydrogens (tertiary/aromatic N) is 6. The van der Waals surface area contributed by atoms with Crippen molar-refractivity contribution in [1.82, 2.24) is 30.2 Å². The molecule has 3 aromatic rings. The number of carbonyl (C=O) groups is 2. The fourth-order valence-corrected chi connectivity index (χ4v) is 4.82. The maximum atomic E-state index is 14.0. The minimum Gasteiger partial charge on any atom is -0.497 e. The van der Waals surface area contributed by atoms with E-state index in [-0.39, 0.29) is 18.2 Å². The first kappa shape index (κ1) is 28.1. The Morgan fingerprint density at radius 1 is 1.27 bits per heavy atom. The highest BCUT2D eigenvalue weighted by atomic mass is 35.5. The minimum atomic E-state index is -0.892. The Bertz CT molecular complexity index is 1520. The van der Waals surface area contributed by atoms with Crippen LogP contribution in [0.25, 0.3) is 11.3 Å². The van der Waals surface area contributed by atoms with Gasteiger partial charge in [0.25, 0.3) is 5.91 Å². The van der Waals surface area contributed by atoms with Crippen LogP contribution in [0.3, 0.4) is 0 Å². The number of fused-ring (bicyclic) bond motifs is 1. The zero-order valence-corrected chi connectivity index (χ0v) is 23.3. The fourth-order valence-electron chi connectivity index (χ4n) is 4.62. The van der Waals surface area contributed by atoms with Crippen molar-refractivity contribution in [3.05, 3.63) is 70.1 Å². The highest BCUT2D eigenvalue weighted by Gasteiger charge is 2.35. The van der Waals surface area contributed by atoms with Gasteiger partial charge >= 0.3 is 0 Å². The van der Waals surface area contributed by atoms with E-state index in [1.807, 2.05) is 13.1 Å². The number of ether oxygens (including phenoxy) is 1. The van der Waals surface area contributed by atoms with Gasteiger partial charge in [-0.1, -0.05) is 23.7 Å². The monoisotopic (exact) mass is 582 g/mol. The number of hydrazone groups is 1. The Balaban J connectivity index is 1.31. The molecular formula is C27H28ClFN8O4. The zero-order valence-electron chi connectivity index (χ0n) is 22.5. The van der Waals surface area contributed by atoms with E-state index < -0.39 is 30.4 Å². The van der Waals surface area contributed by atoms with Crippen molar-refractivity contribution in [2.75, 3.05) is 32.9 Å². The van der Waals surface area contributed by atoms with Crippen LogP contribution in [0.4, 0.5) is 10.3 Å². The van der Waals surface area contributed by atoms with E-state index in [0.717, 1.165) is 5.56 Å². The van der Waals surface area contributed by atoms with Crippen LogP contribution in [0.2, 0.25) is 5.02 Å². The molecule has 2 unspecified atom stereocenters. The maximum Gasteiger partial charge on any atom is 0.255 e. The normalized spacial score (nSPS) is 15.7. The Kier molecular flexibility index (Phi) is 7.90. The Morgan fingerprint density at radius 3 is 2.78 bits per heavy atom. The summed E-state index contributed by atoms with van der Waals surface area (Å²) in [6.07, 6.45) is 3.08. The number of benzene rings is 2. The number of amides is 2. The number of halogens is 2. The van der Waals surface area contributed by atoms with Gasteiger partial charge in [0.2, 0.25) is 11.9 Å². The van der Waals surface area contributed by atoms with Crippen molar-refractivity contribution in [2.24, 2.45) is 5.10 Å². The number of hydrazine groups is 1. The summed E-state index contributed by atoms with van der Waals surface area (Å²) >= 11 is 6.42. The summed E-state index contributed by atoms with van der Waals surface area (Å²) < 4.78 is 19.1. The number of anilines is 1.